The average molecular weight is 267 g/mol. The van der Waals surface area contributed by atoms with Gasteiger partial charge >= 0.3 is 0 Å². The normalized spacial score (nSPS) is 20.3. The molecule has 1 heterocycles. The van der Waals surface area contributed by atoms with Gasteiger partial charge < -0.3 is 5.32 Å². The van der Waals surface area contributed by atoms with Gasteiger partial charge in [-0.25, -0.2) is 4.98 Å². The molecule has 0 aliphatic heterocycles. The van der Waals surface area contributed by atoms with Crippen molar-refractivity contribution < 1.29 is 0 Å². The Bertz CT molecular complexity index is 374. The molecular weight excluding hydrogens is 242 g/mol. The third-order valence-corrected chi connectivity index (χ3v) is 4.49. The third-order valence-electron chi connectivity index (χ3n) is 3.81. The fraction of sp³-hybridized carbons (Fsp3) is 0.857. The average Bonchev–Trinajstić information content (AvgIpc) is 2.75. The summed E-state index contributed by atoms with van der Waals surface area (Å²) in [6.45, 7) is 10.1. The summed E-state index contributed by atoms with van der Waals surface area (Å²) in [4.78, 5) is 4.65. The quantitative estimate of drug-likeness (QED) is 0.884. The van der Waals surface area contributed by atoms with Crippen LogP contribution in [0, 0.1) is 11.3 Å². The lowest BCUT2D eigenvalue weighted by Gasteiger charge is -2.33. The maximum Gasteiger partial charge on any atom is 0.202 e. The summed E-state index contributed by atoms with van der Waals surface area (Å²) < 4.78 is 4.53. The van der Waals surface area contributed by atoms with Gasteiger partial charge in [-0.15, -0.1) is 0 Å². The van der Waals surface area contributed by atoms with Crippen molar-refractivity contribution in [2.75, 3.05) is 11.9 Å². The van der Waals surface area contributed by atoms with Crippen molar-refractivity contribution in [3.8, 4) is 0 Å². The summed E-state index contributed by atoms with van der Waals surface area (Å²) in [5, 5.41) is 4.35. The smallest absolute Gasteiger partial charge is 0.202 e. The van der Waals surface area contributed by atoms with Gasteiger partial charge in [0.1, 0.15) is 5.82 Å². The zero-order valence-corrected chi connectivity index (χ0v) is 12.8. The molecule has 3 nitrogen and oxygen atoms in total. The standard InChI is InChI=1S/C14H25N3S/c1-10(2)9-15-13-16-12(17-18-13)11-5-7-14(3,4)8-6-11/h10-11H,5-9H2,1-4H3,(H,15,16,17). The Morgan fingerprint density at radius 2 is 2.00 bits per heavy atom. The van der Waals surface area contributed by atoms with E-state index in [0.29, 0.717) is 17.3 Å². The van der Waals surface area contributed by atoms with Crippen LogP contribution in [0.15, 0.2) is 0 Å². The number of nitrogens with one attached hydrogen (secondary N) is 1. The van der Waals surface area contributed by atoms with Crippen molar-refractivity contribution in [2.24, 2.45) is 11.3 Å². The second-order valence-corrected chi connectivity index (χ2v) is 7.42. The van der Waals surface area contributed by atoms with Crippen molar-refractivity contribution in [1.29, 1.82) is 0 Å². The van der Waals surface area contributed by atoms with Gasteiger partial charge in [-0.1, -0.05) is 27.7 Å². The van der Waals surface area contributed by atoms with Crippen molar-refractivity contribution in [3.63, 3.8) is 0 Å². The topological polar surface area (TPSA) is 37.8 Å². The molecule has 0 aromatic carbocycles. The van der Waals surface area contributed by atoms with E-state index in [1.54, 1.807) is 0 Å². The van der Waals surface area contributed by atoms with Crippen LogP contribution in [-0.2, 0) is 0 Å². The molecule has 102 valence electrons. The van der Waals surface area contributed by atoms with E-state index in [9.17, 15) is 0 Å². The van der Waals surface area contributed by atoms with Gasteiger partial charge in [0.05, 0.1) is 0 Å². The van der Waals surface area contributed by atoms with Crippen LogP contribution in [0.4, 0.5) is 5.13 Å². The molecule has 1 aromatic rings. The Morgan fingerprint density at radius 3 is 2.61 bits per heavy atom. The van der Waals surface area contributed by atoms with Crippen LogP contribution in [0.3, 0.4) is 0 Å². The summed E-state index contributed by atoms with van der Waals surface area (Å²) in [7, 11) is 0. The molecule has 0 bridgehead atoms. The summed E-state index contributed by atoms with van der Waals surface area (Å²) in [5.74, 6) is 2.30. The Morgan fingerprint density at radius 1 is 1.33 bits per heavy atom. The van der Waals surface area contributed by atoms with E-state index in [0.717, 1.165) is 17.5 Å². The van der Waals surface area contributed by atoms with E-state index in [1.807, 2.05) is 0 Å². The number of anilines is 1. The molecule has 1 aliphatic rings. The van der Waals surface area contributed by atoms with Crippen LogP contribution in [0.1, 0.15) is 65.1 Å². The number of rotatable bonds is 4. The number of hydrogen-bond acceptors (Lipinski definition) is 4. The van der Waals surface area contributed by atoms with Gasteiger partial charge in [-0.2, -0.15) is 4.37 Å². The highest BCUT2D eigenvalue weighted by Crippen LogP contribution is 2.41. The van der Waals surface area contributed by atoms with Crippen LogP contribution in [0.5, 0.6) is 0 Å². The van der Waals surface area contributed by atoms with Crippen molar-refractivity contribution in [3.05, 3.63) is 5.82 Å². The summed E-state index contributed by atoms with van der Waals surface area (Å²) in [5.41, 5.74) is 0.519. The Labute approximate surface area is 115 Å². The molecule has 0 spiro atoms. The maximum absolute atomic E-state index is 4.65. The van der Waals surface area contributed by atoms with Crippen LogP contribution >= 0.6 is 11.5 Å². The molecule has 2 rings (SSSR count). The molecule has 4 heteroatoms. The molecule has 1 aromatic heterocycles. The monoisotopic (exact) mass is 267 g/mol. The van der Waals surface area contributed by atoms with Crippen molar-refractivity contribution in [2.45, 2.75) is 59.3 Å². The molecule has 0 radical (unpaired) electrons. The van der Waals surface area contributed by atoms with E-state index >= 15 is 0 Å². The van der Waals surface area contributed by atoms with Gasteiger partial charge in [0, 0.05) is 24.0 Å². The van der Waals surface area contributed by atoms with Gasteiger partial charge in [-0.3, -0.25) is 0 Å². The minimum atomic E-state index is 0.519. The molecule has 0 atom stereocenters. The molecule has 1 saturated carbocycles. The summed E-state index contributed by atoms with van der Waals surface area (Å²) in [6.07, 6.45) is 5.08. The first kappa shape index (κ1) is 13.8. The highest BCUT2D eigenvalue weighted by atomic mass is 32.1. The van der Waals surface area contributed by atoms with Gasteiger partial charge in [-0.05, 0) is 37.0 Å². The molecule has 1 aliphatic carbocycles. The van der Waals surface area contributed by atoms with Crippen LogP contribution < -0.4 is 5.32 Å². The molecule has 1 N–H and O–H groups in total. The fourth-order valence-electron chi connectivity index (χ4n) is 2.42. The van der Waals surface area contributed by atoms with Crippen molar-refractivity contribution in [1.82, 2.24) is 9.36 Å². The molecule has 0 unspecified atom stereocenters. The van der Waals surface area contributed by atoms with Gasteiger partial charge in [0.25, 0.3) is 0 Å². The van der Waals surface area contributed by atoms with Crippen LogP contribution in [0.25, 0.3) is 0 Å². The Balaban J connectivity index is 1.90. The zero-order valence-electron chi connectivity index (χ0n) is 12.0. The van der Waals surface area contributed by atoms with Crippen molar-refractivity contribution >= 4 is 16.7 Å². The Kier molecular flexibility index (Phi) is 4.25. The van der Waals surface area contributed by atoms with E-state index in [2.05, 4.69) is 42.4 Å². The predicted octanol–water partition coefficient (Wildman–Crippen LogP) is 4.29. The maximum atomic E-state index is 4.65. The number of aromatic nitrogens is 2. The largest absolute Gasteiger partial charge is 0.360 e. The minimum absolute atomic E-state index is 0.519. The van der Waals surface area contributed by atoms with E-state index in [1.165, 1.54) is 37.2 Å². The number of hydrogen-bond donors (Lipinski definition) is 1. The Hall–Kier alpha value is -0.640. The third kappa shape index (κ3) is 3.67. The summed E-state index contributed by atoms with van der Waals surface area (Å²) in [6, 6.07) is 0. The second-order valence-electron chi connectivity index (χ2n) is 6.67. The first-order valence-corrected chi connectivity index (χ1v) is 7.81. The minimum Gasteiger partial charge on any atom is -0.360 e. The molecule has 0 amide bonds. The van der Waals surface area contributed by atoms with Crippen LogP contribution in [-0.4, -0.2) is 15.9 Å². The predicted molar refractivity (Wildman–Crippen MR) is 78.2 cm³/mol. The molecular formula is C14H25N3S. The SMILES string of the molecule is CC(C)CNc1nc(C2CCC(C)(C)CC2)ns1. The first-order chi connectivity index (χ1) is 8.46. The highest BCUT2D eigenvalue weighted by Gasteiger charge is 2.29. The van der Waals surface area contributed by atoms with Crippen LogP contribution in [0.2, 0.25) is 0 Å². The van der Waals surface area contributed by atoms with E-state index in [-0.39, 0.29) is 0 Å². The molecule has 1 fully saturated rings. The van der Waals surface area contributed by atoms with Gasteiger partial charge in [0.2, 0.25) is 5.13 Å². The van der Waals surface area contributed by atoms with E-state index < -0.39 is 0 Å². The van der Waals surface area contributed by atoms with E-state index in [4.69, 9.17) is 0 Å². The summed E-state index contributed by atoms with van der Waals surface area (Å²) >= 11 is 1.51. The molecule has 18 heavy (non-hydrogen) atoms. The highest BCUT2D eigenvalue weighted by molar-refractivity contribution is 7.09. The lowest BCUT2D eigenvalue weighted by molar-refractivity contribution is 0.221. The lowest BCUT2D eigenvalue weighted by atomic mass is 9.73. The lowest BCUT2D eigenvalue weighted by Crippen LogP contribution is -2.20. The first-order valence-electron chi connectivity index (χ1n) is 7.04. The number of nitrogens with zero attached hydrogens (tertiary/aromatic N) is 2. The van der Waals surface area contributed by atoms with Gasteiger partial charge in [0.15, 0.2) is 0 Å². The zero-order chi connectivity index (χ0) is 13.2. The second kappa shape index (κ2) is 5.55. The fourth-order valence-corrected chi connectivity index (χ4v) is 3.07. The molecule has 0 saturated heterocycles.